The lowest BCUT2D eigenvalue weighted by Crippen LogP contribution is -2.32. The van der Waals surface area contributed by atoms with Crippen molar-refractivity contribution < 1.29 is 9.18 Å². The predicted molar refractivity (Wildman–Crippen MR) is 125 cm³/mol. The maximum Gasteiger partial charge on any atom is 0.257 e. The maximum atomic E-state index is 14.4. The molecule has 0 aliphatic carbocycles. The van der Waals surface area contributed by atoms with Crippen LogP contribution >= 0.6 is 0 Å². The number of hydrogen-bond acceptors (Lipinski definition) is 4. The lowest BCUT2D eigenvalue weighted by atomic mass is 10.1. The fourth-order valence-electron chi connectivity index (χ4n) is 4.68. The predicted octanol–water partition coefficient (Wildman–Crippen LogP) is 4.01. The monoisotopic (exact) mass is 434 g/mol. The molecule has 0 saturated carbocycles. The van der Waals surface area contributed by atoms with Crippen molar-refractivity contribution in [2.24, 2.45) is 0 Å². The van der Waals surface area contributed by atoms with Crippen molar-refractivity contribution >= 4 is 33.8 Å². The van der Waals surface area contributed by atoms with Gasteiger partial charge in [0.05, 0.1) is 22.5 Å². The summed E-state index contributed by atoms with van der Waals surface area (Å²) in [7, 11) is 0. The van der Waals surface area contributed by atoms with E-state index in [0.29, 0.717) is 23.0 Å². The minimum atomic E-state index is -0.476. The lowest BCUT2D eigenvalue weighted by Gasteiger charge is -2.21. The molecular formula is C24H27FN6O. The fraction of sp³-hybridized carbons (Fsp3) is 0.333. The molecule has 0 spiro atoms. The number of carbonyl (C=O) groups is 1. The van der Waals surface area contributed by atoms with Crippen LogP contribution in [0, 0.1) is 19.7 Å². The van der Waals surface area contributed by atoms with Crippen molar-refractivity contribution in [1.29, 1.82) is 0 Å². The van der Waals surface area contributed by atoms with Gasteiger partial charge in [0.2, 0.25) is 0 Å². The number of rotatable bonds is 5. The van der Waals surface area contributed by atoms with Crippen LogP contribution < -0.4 is 15.5 Å². The molecule has 1 aromatic carbocycles. The highest BCUT2D eigenvalue weighted by molar-refractivity contribution is 6.14. The molecule has 166 valence electrons. The number of H-pyrrole nitrogens is 1. The van der Waals surface area contributed by atoms with Crippen LogP contribution in [0.15, 0.2) is 36.7 Å². The third kappa shape index (κ3) is 3.60. The van der Waals surface area contributed by atoms with E-state index < -0.39 is 5.82 Å². The molecule has 1 fully saturated rings. The standard InChI is InChI=1S/C24H27FN6O/c1-4-26-16-7-8-30(12-16)21-6-5-18(22-19(21)9-14(2)27-22)24(32)29-17-10-20(25)23-28-15(3)11-31(23)13-17/h5-6,9-11,13,16,26-27H,4,7-8,12H2,1-3H3,(H,29,32)/t16-/m1/s1. The number of aryl methyl sites for hydroxylation is 2. The first-order valence-electron chi connectivity index (χ1n) is 11.0. The van der Waals surface area contributed by atoms with E-state index in [4.69, 9.17) is 0 Å². The van der Waals surface area contributed by atoms with Gasteiger partial charge in [0.25, 0.3) is 5.91 Å². The summed E-state index contributed by atoms with van der Waals surface area (Å²) >= 11 is 0. The third-order valence-corrected chi connectivity index (χ3v) is 6.06. The van der Waals surface area contributed by atoms with E-state index in [0.717, 1.165) is 48.3 Å². The lowest BCUT2D eigenvalue weighted by molar-refractivity contribution is 0.102. The Morgan fingerprint density at radius 1 is 1.28 bits per heavy atom. The van der Waals surface area contributed by atoms with Crippen LogP contribution in [0.25, 0.3) is 16.6 Å². The first-order valence-corrected chi connectivity index (χ1v) is 11.0. The molecule has 1 atom stereocenters. The second-order valence-electron chi connectivity index (χ2n) is 8.51. The summed E-state index contributed by atoms with van der Waals surface area (Å²) in [5, 5.41) is 7.39. The van der Waals surface area contributed by atoms with Crippen molar-refractivity contribution in [3.63, 3.8) is 0 Å². The highest BCUT2D eigenvalue weighted by Gasteiger charge is 2.25. The van der Waals surface area contributed by atoms with Gasteiger partial charge in [0, 0.05) is 54.4 Å². The Kier molecular flexibility index (Phi) is 5.09. The van der Waals surface area contributed by atoms with Crippen molar-refractivity contribution in [3.8, 4) is 0 Å². The maximum absolute atomic E-state index is 14.4. The fourth-order valence-corrected chi connectivity index (χ4v) is 4.68. The largest absolute Gasteiger partial charge is 0.369 e. The zero-order valence-electron chi connectivity index (χ0n) is 18.5. The summed E-state index contributed by atoms with van der Waals surface area (Å²) in [5.74, 6) is -0.762. The molecule has 3 aromatic heterocycles. The van der Waals surface area contributed by atoms with E-state index in [1.165, 1.54) is 6.07 Å². The molecule has 4 heterocycles. The van der Waals surface area contributed by atoms with Gasteiger partial charge in [-0.15, -0.1) is 0 Å². The zero-order valence-corrected chi connectivity index (χ0v) is 18.5. The second-order valence-corrected chi connectivity index (χ2v) is 8.51. The summed E-state index contributed by atoms with van der Waals surface area (Å²) in [6, 6.07) is 7.73. The van der Waals surface area contributed by atoms with Crippen molar-refractivity contribution in [1.82, 2.24) is 19.7 Å². The number of fused-ring (bicyclic) bond motifs is 2. The minimum Gasteiger partial charge on any atom is -0.369 e. The number of aromatic nitrogens is 3. The number of aromatic amines is 1. The van der Waals surface area contributed by atoms with Crippen LogP contribution in [0.5, 0.6) is 0 Å². The number of carbonyl (C=O) groups excluding carboxylic acids is 1. The van der Waals surface area contributed by atoms with E-state index in [1.807, 2.05) is 19.1 Å². The van der Waals surface area contributed by atoms with Crippen LogP contribution in [-0.4, -0.2) is 46.0 Å². The Balaban J connectivity index is 1.46. The molecule has 32 heavy (non-hydrogen) atoms. The van der Waals surface area contributed by atoms with Gasteiger partial charge in [-0.2, -0.15) is 0 Å². The van der Waals surface area contributed by atoms with E-state index in [9.17, 15) is 9.18 Å². The highest BCUT2D eigenvalue weighted by Crippen LogP contribution is 2.33. The molecule has 8 heteroatoms. The molecule has 0 bridgehead atoms. The quantitative estimate of drug-likeness (QED) is 0.444. The number of nitrogens with one attached hydrogen (secondary N) is 3. The van der Waals surface area contributed by atoms with Gasteiger partial charge in [-0.1, -0.05) is 6.92 Å². The van der Waals surface area contributed by atoms with E-state index >= 15 is 0 Å². The molecule has 1 amide bonds. The number of amides is 1. The topological polar surface area (TPSA) is 77.5 Å². The summed E-state index contributed by atoms with van der Waals surface area (Å²) in [5.41, 5.74) is 4.78. The van der Waals surface area contributed by atoms with Gasteiger partial charge in [-0.05, 0) is 45.0 Å². The number of imidazole rings is 1. The van der Waals surface area contributed by atoms with Crippen molar-refractivity contribution in [3.05, 3.63) is 59.4 Å². The first kappa shape index (κ1) is 20.5. The molecule has 4 aromatic rings. The Morgan fingerprint density at radius 2 is 2.12 bits per heavy atom. The average Bonchev–Trinajstić information content (AvgIpc) is 3.45. The summed E-state index contributed by atoms with van der Waals surface area (Å²) in [6.07, 6.45) is 4.50. The number of nitrogens with zero attached hydrogens (tertiary/aromatic N) is 3. The van der Waals surface area contributed by atoms with Crippen LogP contribution in [-0.2, 0) is 0 Å². The smallest absolute Gasteiger partial charge is 0.257 e. The summed E-state index contributed by atoms with van der Waals surface area (Å²) in [6.45, 7) is 8.80. The molecule has 0 unspecified atom stereocenters. The van der Waals surface area contributed by atoms with Gasteiger partial charge >= 0.3 is 0 Å². The van der Waals surface area contributed by atoms with Gasteiger partial charge in [0.1, 0.15) is 0 Å². The van der Waals surface area contributed by atoms with Crippen LogP contribution in [0.2, 0.25) is 0 Å². The van der Waals surface area contributed by atoms with Crippen LogP contribution in [0.4, 0.5) is 15.8 Å². The summed E-state index contributed by atoms with van der Waals surface area (Å²) < 4.78 is 16.0. The number of halogens is 1. The van der Waals surface area contributed by atoms with Crippen molar-refractivity contribution in [2.45, 2.75) is 33.2 Å². The number of hydrogen-bond donors (Lipinski definition) is 3. The normalized spacial score (nSPS) is 16.4. The molecular weight excluding hydrogens is 407 g/mol. The SMILES string of the molecule is CCN[C@@H]1CCN(c2ccc(C(=O)Nc3cc(F)c4nc(C)cn4c3)c3[nH]c(C)cc23)C1. The minimum absolute atomic E-state index is 0.244. The number of benzene rings is 1. The van der Waals surface area contributed by atoms with E-state index in [-0.39, 0.29) is 11.6 Å². The number of likely N-dealkylation sites (N-methyl/N-ethyl adjacent to an activating group) is 1. The second kappa shape index (κ2) is 7.94. The van der Waals surface area contributed by atoms with Crippen molar-refractivity contribution in [2.75, 3.05) is 29.9 Å². The summed E-state index contributed by atoms with van der Waals surface area (Å²) in [4.78, 5) is 23.0. The number of anilines is 2. The van der Waals surface area contributed by atoms with Gasteiger partial charge < -0.3 is 24.9 Å². The average molecular weight is 435 g/mol. The highest BCUT2D eigenvalue weighted by atomic mass is 19.1. The zero-order chi connectivity index (χ0) is 22.4. The number of pyridine rings is 1. The Bertz CT molecular complexity index is 1320. The molecule has 3 N–H and O–H groups in total. The molecule has 1 saturated heterocycles. The molecule has 5 rings (SSSR count). The Morgan fingerprint density at radius 3 is 2.94 bits per heavy atom. The molecule has 1 aliphatic heterocycles. The van der Waals surface area contributed by atoms with E-state index in [2.05, 4.69) is 38.5 Å². The first-order chi connectivity index (χ1) is 15.4. The molecule has 1 aliphatic rings. The van der Waals surface area contributed by atoms with Gasteiger partial charge in [-0.25, -0.2) is 9.37 Å². The molecule has 7 nitrogen and oxygen atoms in total. The van der Waals surface area contributed by atoms with Crippen LogP contribution in [0.1, 0.15) is 35.1 Å². The van der Waals surface area contributed by atoms with E-state index in [1.54, 1.807) is 23.7 Å². The third-order valence-electron chi connectivity index (χ3n) is 6.06. The molecule has 0 radical (unpaired) electrons. The van der Waals surface area contributed by atoms with Gasteiger partial charge in [-0.3, -0.25) is 4.79 Å². The Labute approximate surface area is 185 Å². The Hall–Kier alpha value is -3.39. The van der Waals surface area contributed by atoms with Crippen LogP contribution in [0.3, 0.4) is 0 Å². The van der Waals surface area contributed by atoms with Gasteiger partial charge in [0.15, 0.2) is 11.5 Å².